The van der Waals surface area contributed by atoms with Crippen molar-refractivity contribution in [1.29, 1.82) is 0 Å². The summed E-state index contributed by atoms with van der Waals surface area (Å²) in [6, 6.07) is 10.2. The van der Waals surface area contributed by atoms with E-state index in [1.165, 1.54) is 0 Å². The molecule has 2 aromatic rings. The van der Waals surface area contributed by atoms with Crippen molar-refractivity contribution in [3.63, 3.8) is 0 Å². The smallest absolute Gasteiger partial charge is 0.257 e. The SMILES string of the molecule is CC(C)N(C)CCCCNc1cc2ccccc2c(=O)[nH]1. The molecule has 0 saturated carbocycles. The molecule has 0 aliphatic heterocycles. The second-order valence-corrected chi connectivity index (χ2v) is 5.81. The van der Waals surface area contributed by atoms with Gasteiger partial charge in [0.25, 0.3) is 5.56 Å². The lowest BCUT2D eigenvalue weighted by molar-refractivity contribution is 0.269. The Balaban J connectivity index is 1.85. The molecule has 4 heteroatoms. The molecule has 4 nitrogen and oxygen atoms in total. The van der Waals surface area contributed by atoms with Crippen LogP contribution in [0.25, 0.3) is 10.8 Å². The normalized spacial score (nSPS) is 11.5. The standard InChI is InChI=1S/C17H25N3O/c1-13(2)20(3)11-7-6-10-18-16-12-14-8-4-5-9-15(14)17(21)19-16/h4-5,8-9,12-13H,6-7,10-11H2,1-3H3,(H2,18,19,21). The number of anilines is 1. The molecule has 1 aromatic heterocycles. The highest BCUT2D eigenvalue weighted by Crippen LogP contribution is 2.12. The van der Waals surface area contributed by atoms with Crippen LogP contribution in [0.1, 0.15) is 26.7 Å². The summed E-state index contributed by atoms with van der Waals surface area (Å²) in [5.74, 6) is 0.802. The summed E-state index contributed by atoms with van der Waals surface area (Å²) < 4.78 is 0. The number of pyridine rings is 1. The van der Waals surface area contributed by atoms with Gasteiger partial charge in [-0.15, -0.1) is 0 Å². The molecule has 0 unspecified atom stereocenters. The lowest BCUT2D eigenvalue weighted by atomic mass is 10.2. The molecule has 0 fully saturated rings. The third-order valence-electron chi connectivity index (χ3n) is 3.89. The van der Waals surface area contributed by atoms with Crippen LogP contribution >= 0.6 is 0 Å². The number of aromatic nitrogens is 1. The van der Waals surface area contributed by atoms with Crippen LogP contribution in [-0.2, 0) is 0 Å². The van der Waals surface area contributed by atoms with Crippen LogP contribution in [0.4, 0.5) is 5.82 Å². The first kappa shape index (κ1) is 15.6. The van der Waals surface area contributed by atoms with Crippen LogP contribution < -0.4 is 10.9 Å². The Morgan fingerprint density at radius 1 is 1.24 bits per heavy atom. The average Bonchev–Trinajstić information content (AvgIpc) is 2.46. The van der Waals surface area contributed by atoms with Crippen LogP contribution in [-0.4, -0.2) is 36.1 Å². The van der Waals surface area contributed by atoms with Crippen molar-refractivity contribution in [3.05, 3.63) is 40.7 Å². The number of unbranched alkanes of at least 4 members (excludes halogenated alkanes) is 1. The molecule has 114 valence electrons. The Morgan fingerprint density at radius 3 is 2.76 bits per heavy atom. The largest absolute Gasteiger partial charge is 0.372 e. The monoisotopic (exact) mass is 287 g/mol. The van der Waals surface area contributed by atoms with E-state index in [-0.39, 0.29) is 5.56 Å². The Labute approximate surface area is 126 Å². The lowest BCUT2D eigenvalue weighted by Gasteiger charge is -2.20. The summed E-state index contributed by atoms with van der Waals surface area (Å²) >= 11 is 0. The van der Waals surface area contributed by atoms with Gasteiger partial charge < -0.3 is 15.2 Å². The van der Waals surface area contributed by atoms with E-state index < -0.39 is 0 Å². The van der Waals surface area contributed by atoms with E-state index in [9.17, 15) is 4.79 Å². The molecule has 0 bridgehead atoms. The summed E-state index contributed by atoms with van der Waals surface area (Å²) in [5, 5.41) is 5.02. The van der Waals surface area contributed by atoms with E-state index >= 15 is 0 Å². The molecular weight excluding hydrogens is 262 g/mol. The van der Waals surface area contributed by atoms with Crippen LogP contribution in [0.2, 0.25) is 0 Å². The van der Waals surface area contributed by atoms with E-state index in [1.54, 1.807) is 0 Å². The highest BCUT2D eigenvalue weighted by atomic mass is 16.1. The van der Waals surface area contributed by atoms with Gasteiger partial charge >= 0.3 is 0 Å². The van der Waals surface area contributed by atoms with Crippen molar-refractivity contribution in [3.8, 4) is 0 Å². The molecule has 0 radical (unpaired) electrons. The summed E-state index contributed by atoms with van der Waals surface area (Å²) in [4.78, 5) is 17.2. The zero-order valence-corrected chi connectivity index (χ0v) is 13.1. The number of aromatic amines is 1. The molecule has 0 saturated heterocycles. The van der Waals surface area contributed by atoms with Gasteiger partial charge in [-0.2, -0.15) is 0 Å². The molecule has 0 aliphatic rings. The van der Waals surface area contributed by atoms with Gasteiger partial charge in [0.1, 0.15) is 5.82 Å². The number of H-pyrrole nitrogens is 1. The fraction of sp³-hybridized carbons (Fsp3) is 0.471. The maximum atomic E-state index is 12.0. The number of nitrogens with zero attached hydrogens (tertiary/aromatic N) is 1. The molecule has 0 amide bonds. The molecule has 21 heavy (non-hydrogen) atoms. The zero-order chi connectivity index (χ0) is 15.2. The van der Waals surface area contributed by atoms with Gasteiger partial charge in [0.2, 0.25) is 0 Å². The second kappa shape index (κ2) is 7.27. The van der Waals surface area contributed by atoms with Crippen LogP contribution in [0.15, 0.2) is 35.1 Å². The van der Waals surface area contributed by atoms with E-state index in [4.69, 9.17) is 0 Å². The lowest BCUT2D eigenvalue weighted by Crippen LogP contribution is -2.27. The maximum absolute atomic E-state index is 12.0. The van der Waals surface area contributed by atoms with Crippen LogP contribution in [0.5, 0.6) is 0 Å². The first-order chi connectivity index (χ1) is 10.1. The predicted molar refractivity (Wildman–Crippen MR) is 90.1 cm³/mol. The molecule has 0 atom stereocenters. The van der Waals surface area contributed by atoms with Gasteiger partial charge in [-0.3, -0.25) is 4.79 Å². The number of rotatable bonds is 7. The second-order valence-electron chi connectivity index (χ2n) is 5.81. The Kier molecular flexibility index (Phi) is 5.39. The molecular formula is C17H25N3O. The van der Waals surface area contributed by atoms with Gasteiger partial charge in [-0.1, -0.05) is 18.2 Å². The summed E-state index contributed by atoms with van der Waals surface area (Å²) in [6.07, 6.45) is 2.24. The molecule has 1 aromatic carbocycles. The topological polar surface area (TPSA) is 48.1 Å². The minimum Gasteiger partial charge on any atom is -0.372 e. The Hall–Kier alpha value is -1.81. The van der Waals surface area contributed by atoms with Gasteiger partial charge in [0, 0.05) is 18.0 Å². The van der Waals surface area contributed by atoms with E-state index in [0.29, 0.717) is 6.04 Å². The summed E-state index contributed by atoms with van der Waals surface area (Å²) in [7, 11) is 2.15. The fourth-order valence-electron chi connectivity index (χ4n) is 2.27. The van der Waals surface area contributed by atoms with Crippen molar-refractivity contribution in [1.82, 2.24) is 9.88 Å². The number of hydrogen-bond donors (Lipinski definition) is 2. The van der Waals surface area contributed by atoms with E-state index in [2.05, 4.69) is 36.1 Å². The third kappa shape index (κ3) is 4.33. The third-order valence-corrected chi connectivity index (χ3v) is 3.89. The fourth-order valence-corrected chi connectivity index (χ4v) is 2.27. The van der Waals surface area contributed by atoms with Crippen molar-refractivity contribution in [2.45, 2.75) is 32.7 Å². The van der Waals surface area contributed by atoms with Gasteiger partial charge in [-0.25, -0.2) is 0 Å². The van der Waals surface area contributed by atoms with E-state index in [1.807, 2.05) is 30.3 Å². The highest BCUT2D eigenvalue weighted by Gasteiger charge is 2.03. The summed E-state index contributed by atoms with van der Waals surface area (Å²) in [5.41, 5.74) is -0.0323. The van der Waals surface area contributed by atoms with Gasteiger partial charge in [0.05, 0.1) is 0 Å². The van der Waals surface area contributed by atoms with Crippen LogP contribution in [0.3, 0.4) is 0 Å². The number of hydrogen-bond acceptors (Lipinski definition) is 3. The first-order valence-corrected chi connectivity index (χ1v) is 7.64. The van der Waals surface area contributed by atoms with Gasteiger partial charge in [0.15, 0.2) is 0 Å². The van der Waals surface area contributed by atoms with Crippen molar-refractivity contribution >= 4 is 16.6 Å². The Bertz CT molecular complexity index is 633. The molecule has 1 heterocycles. The molecule has 2 N–H and O–H groups in total. The van der Waals surface area contributed by atoms with Crippen molar-refractivity contribution in [2.75, 3.05) is 25.5 Å². The summed E-state index contributed by atoms with van der Waals surface area (Å²) in [6.45, 7) is 6.39. The quantitative estimate of drug-likeness (QED) is 0.769. The highest BCUT2D eigenvalue weighted by molar-refractivity contribution is 5.83. The van der Waals surface area contributed by atoms with Crippen molar-refractivity contribution < 1.29 is 0 Å². The minimum absolute atomic E-state index is 0.0323. The minimum atomic E-state index is -0.0323. The molecule has 0 aliphatic carbocycles. The van der Waals surface area contributed by atoms with Crippen LogP contribution in [0, 0.1) is 0 Å². The maximum Gasteiger partial charge on any atom is 0.257 e. The van der Waals surface area contributed by atoms with Crippen molar-refractivity contribution in [2.24, 2.45) is 0 Å². The number of benzene rings is 1. The van der Waals surface area contributed by atoms with E-state index in [0.717, 1.165) is 42.5 Å². The zero-order valence-electron chi connectivity index (χ0n) is 13.1. The molecule has 0 spiro atoms. The average molecular weight is 287 g/mol. The Morgan fingerprint density at radius 2 is 2.00 bits per heavy atom. The number of nitrogens with one attached hydrogen (secondary N) is 2. The first-order valence-electron chi connectivity index (χ1n) is 7.64. The molecule has 2 rings (SSSR count). The van der Waals surface area contributed by atoms with Gasteiger partial charge in [-0.05, 0) is 57.8 Å². The number of fused-ring (bicyclic) bond motifs is 1. The predicted octanol–water partition coefficient (Wildman–Crippen LogP) is 3.06.